The second-order valence-corrected chi connectivity index (χ2v) is 8.60. The van der Waals surface area contributed by atoms with Crippen molar-refractivity contribution in [2.45, 2.75) is 13.0 Å². The van der Waals surface area contributed by atoms with E-state index in [1.807, 2.05) is 18.2 Å². The van der Waals surface area contributed by atoms with Crippen LogP contribution in [0, 0.1) is 5.92 Å². The summed E-state index contributed by atoms with van der Waals surface area (Å²) < 4.78 is 11.0. The Bertz CT molecular complexity index is 1190. The zero-order valence-corrected chi connectivity index (χ0v) is 19.9. The van der Waals surface area contributed by atoms with Gasteiger partial charge in [0.1, 0.15) is 18.1 Å². The van der Waals surface area contributed by atoms with Gasteiger partial charge < -0.3 is 14.4 Å². The van der Waals surface area contributed by atoms with Crippen LogP contribution >= 0.6 is 23.2 Å². The summed E-state index contributed by atoms with van der Waals surface area (Å²) in [6.45, 7) is 0.629. The number of carbonyl (C=O) groups is 2. The van der Waals surface area contributed by atoms with E-state index in [9.17, 15) is 9.59 Å². The van der Waals surface area contributed by atoms with Gasteiger partial charge in [0.25, 0.3) is 0 Å². The minimum atomic E-state index is -0.462. The molecule has 0 saturated carbocycles. The van der Waals surface area contributed by atoms with Crippen LogP contribution in [0.5, 0.6) is 11.5 Å². The van der Waals surface area contributed by atoms with Gasteiger partial charge in [-0.05, 0) is 54.1 Å². The predicted molar refractivity (Wildman–Crippen MR) is 132 cm³/mol. The van der Waals surface area contributed by atoms with Gasteiger partial charge in [-0.3, -0.25) is 20.4 Å². The summed E-state index contributed by atoms with van der Waals surface area (Å²) in [5.41, 5.74) is 7.86. The van der Waals surface area contributed by atoms with Crippen LogP contribution in [0.1, 0.15) is 12.0 Å². The Morgan fingerprint density at radius 1 is 1.03 bits per heavy atom. The highest BCUT2D eigenvalue weighted by Gasteiger charge is 2.35. The summed E-state index contributed by atoms with van der Waals surface area (Å²) in [5.74, 6) is 0.509. The fraction of sp³-hybridized carbons (Fsp3) is 0.200. The highest BCUT2D eigenvalue weighted by molar-refractivity contribution is 6.42. The molecule has 1 atom stereocenters. The lowest BCUT2D eigenvalue weighted by Crippen LogP contribution is -2.36. The van der Waals surface area contributed by atoms with E-state index in [1.165, 1.54) is 0 Å². The molecule has 0 aromatic heterocycles. The van der Waals surface area contributed by atoms with Crippen LogP contribution in [0.3, 0.4) is 0 Å². The van der Waals surface area contributed by atoms with Crippen LogP contribution in [0.25, 0.3) is 0 Å². The number of hydrazine groups is 1. The van der Waals surface area contributed by atoms with Crippen molar-refractivity contribution in [3.63, 3.8) is 0 Å². The molecule has 0 aliphatic carbocycles. The number of anilines is 2. The first kappa shape index (κ1) is 23.7. The molecule has 1 aliphatic rings. The van der Waals surface area contributed by atoms with E-state index in [2.05, 4.69) is 10.9 Å². The first-order valence-electron chi connectivity index (χ1n) is 10.6. The van der Waals surface area contributed by atoms with E-state index in [0.29, 0.717) is 40.4 Å². The lowest BCUT2D eigenvalue weighted by atomic mass is 10.1. The number of methoxy groups -OCH3 is 1. The maximum atomic E-state index is 12.7. The third kappa shape index (κ3) is 5.73. The molecule has 3 aromatic carbocycles. The second-order valence-electron chi connectivity index (χ2n) is 7.78. The third-order valence-electron chi connectivity index (χ3n) is 5.43. The molecule has 9 heteroatoms. The second kappa shape index (κ2) is 10.7. The van der Waals surface area contributed by atoms with Crippen LogP contribution in [0.4, 0.5) is 11.4 Å². The fourth-order valence-corrected chi connectivity index (χ4v) is 3.91. The van der Waals surface area contributed by atoms with Crippen LogP contribution in [-0.2, 0) is 16.2 Å². The Balaban J connectivity index is 1.30. The van der Waals surface area contributed by atoms with Crippen molar-refractivity contribution in [3.8, 4) is 11.5 Å². The highest BCUT2D eigenvalue weighted by Crippen LogP contribution is 2.27. The van der Waals surface area contributed by atoms with Crippen LogP contribution in [0.2, 0.25) is 10.0 Å². The van der Waals surface area contributed by atoms with Crippen molar-refractivity contribution in [2.75, 3.05) is 24.0 Å². The van der Waals surface area contributed by atoms with Gasteiger partial charge in [-0.2, -0.15) is 0 Å². The summed E-state index contributed by atoms with van der Waals surface area (Å²) in [5, 5.41) is 0.959. The molecule has 1 fully saturated rings. The number of nitrogens with one attached hydrogen (secondary N) is 2. The Morgan fingerprint density at radius 3 is 2.56 bits per heavy atom. The van der Waals surface area contributed by atoms with E-state index < -0.39 is 5.92 Å². The number of ether oxygens (including phenoxy) is 2. The molecule has 0 spiro atoms. The first-order chi connectivity index (χ1) is 16.4. The van der Waals surface area contributed by atoms with Gasteiger partial charge in [-0.15, -0.1) is 0 Å². The molecule has 2 N–H and O–H groups in total. The van der Waals surface area contributed by atoms with E-state index in [4.69, 9.17) is 32.7 Å². The van der Waals surface area contributed by atoms with Gasteiger partial charge in [0.15, 0.2) is 0 Å². The van der Waals surface area contributed by atoms with Crippen molar-refractivity contribution < 1.29 is 19.1 Å². The number of halogens is 2. The number of amides is 2. The molecule has 1 heterocycles. The molecule has 0 bridgehead atoms. The minimum absolute atomic E-state index is 0.0944. The average molecular weight is 500 g/mol. The quantitative estimate of drug-likeness (QED) is 0.422. The molecule has 2 amide bonds. The lowest BCUT2D eigenvalue weighted by Gasteiger charge is -2.17. The number of hydrogen-bond acceptors (Lipinski definition) is 5. The highest BCUT2D eigenvalue weighted by atomic mass is 35.5. The zero-order chi connectivity index (χ0) is 24.1. The fourth-order valence-electron chi connectivity index (χ4n) is 3.59. The summed E-state index contributed by atoms with van der Waals surface area (Å²) in [7, 11) is 1.58. The Kier molecular flexibility index (Phi) is 7.45. The van der Waals surface area contributed by atoms with Crippen molar-refractivity contribution in [1.82, 2.24) is 5.43 Å². The molecule has 34 heavy (non-hydrogen) atoms. The average Bonchev–Trinajstić information content (AvgIpc) is 3.25. The Labute approximate surface area is 207 Å². The minimum Gasteiger partial charge on any atom is -0.497 e. The zero-order valence-electron chi connectivity index (χ0n) is 18.4. The summed E-state index contributed by atoms with van der Waals surface area (Å²) in [6.07, 6.45) is 0.145. The number of nitrogens with zero attached hydrogens (tertiary/aromatic N) is 1. The summed E-state index contributed by atoms with van der Waals surface area (Å²) in [4.78, 5) is 26.7. The molecule has 3 aromatic rings. The molecule has 0 radical (unpaired) electrons. The molecular weight excluding hydrogens is 477 g/mol. The SMILES string of the molecule is COc1ccc(N2C[C@@H](C(=O)NNc3cccc(OCc4ccc(Cl)c(Cl)c4)c3)CC2=O)cc1. The molecule has 176 valence electrons. The van der Waals surface area contributed by atoms with E-state index >= 15 is 0 Å². The third-order valence-corrected chi connectivity index (χ3v) is 6.17. The van der Waals surface area contributed by atoms with Crippen molar-refractivity contribution in [2.24, 2.45) is 5.92 Å². The molecular formula is C25H23Cl2N3O4. The van der Waals surface area contributed by atoms with Crippen molar-refractivity contribution in [3.05, 3.63) is 82.3 Å². The van der Waals surface area contributed by atoms with E-state index in [-0.39, 0.29) is 18.2 Å². The number of hydrogen-bond donors (Lipinski definition) is 2. The van der Waals surface area contributed by atoms with Gasteiger partial charge in [0.05, 0.1) is 28.8 Å². The smallest absolute Gasteiger partial charge is 0.243 e. The predicted octanol–water partition coefficient (Wildman–Crippen LogP) is 5.08. The summed E-state index contributed by atoms with van der Waals surface area (Å²) >= 11 is 12.0. The molecule has 4 rings (SSSR count). The van der Waals surface area contributed by atoms with Gasteiger partial charge in [0, 0.05) is 24.7 Å². The summed E-state index contributed by atoms with van der Waals surface area (Å²) in [6, 6.07) is 19.7. The van der Waals surface area contributed by atoms with Gasteiger partial charge >= 0.3 is 0 Å². The molecule has 7 nitrogen and oxygen atoms in total. The molecule has 0 unspecified atom stereocenters. The normalized spacial score (nSPS) is 15.2. The van der Waals surface area contributed by atoms with E-state index in [0.717, 1.165) is 11.3 Å². The van der Waals surface area contributed by atoms with Gasteiger partial charge in [-0.25, -0.2) is 0 Å². The largest absolute Gasteiger partial charge is 0.497 e. The monoisotopic (exact) mass is 499 g/mol. The maximum absolute atomic E-state index is 12.7. The number of benzene rings is 3. The van der Waals surface area contributed by atoms with Gasteiger partial charge in [0.2, 0.25) is 11.8 Å². The number of rotatable bonds is 8. The van der Waals surface area contributed by atoms with Gasteiger partial charge in [-0.1, -0.05) is 35.3 Å². The van der Waals surface area contributed by atoms with Crippen molar-refractivity contribution in [1.29, 1.82) is 0 Å². The van der Waals surface area contributed by atoms with Crippen LogP contribution < -0.4 is 25.2 Å². The molecule has 1 aliphatic heterocycles. The van der Waals surface area contributed by atoms with Crippen LogP contribution in [0.15, 0.2) is 66.7 Å². The molecule has 1 saturated heterocycles. The standard InChI is InChI=1S/C25H23Cl2N3O4/c1-33-20-8-6-19(7-9-20)30-14-17(12-24(30)31)25(32)29-28-18-3-2-4-21(13-18)34-15-16-5-10-22(26)23(27)11-16/h2-11,13,17,28H,12,14-15H2,1H3,(H,29,32)/t17-/m0/s1. The van der Waals surface area contributed by atoms with E-state index in [1.54, 1.807) is 60.5 Å². The van der Waals surface area contributed by atoms with Crippen LogP contribution in [-0.4, -0.2) is 25.5 Å². The Hall–Kier alpha value is -3.42. The Morgan fingerprint density at radius 2 is 1.82 bits per heavy atom. The van der Waals surface area contributed by atoms with Crippen molar-refractivity contribution >= 4 is 46.4 Å². The first-order valence-corrected chi connectivity index (χ1v) is 11.4. The maximum Gasteiger partial charge on any atom is 0.243 e. The lowest BCUT2D eigenvalue weighted by molar-refractivity contribution is -0.125. The number of carbonyl (C=O) groups excluding carboxylic acids is 2. The topological polar surface area (TPSA) is 79.9 Å².